The Hall–Kier alpha value is -1.42. The van der Waals surface area contributed by atoms with Crippen LogP contribution < -0.4 is 5.32 Å². The van der Waals surface area contributed by atoms with Crippen molar-refractivity contribution in [1.29, 1.82) is 0 Å². The lowest BCUT2D eigenvalue weighted by atomic mass is 9.93. The van der Waals surface area contributed by atoms with Gasteiger partial charge in [0, 0.05) is 0 Å². The van der Waals surface area contributed by atoms with Gasteiger partial charge in [-0.1, -0.05) is 26.0 Å². The first kappa shape index (κ1) is 13.6. The van der Waals surface area contributed by atoms with E-state index in [2.05, 4.69) is 5.32 Å². The van der Waals surface area contributed by atoms with Crippen LogP contribution in [0.3, 0.4) is 0 Å². The monoisotopic (exact) mass is 239 g/mol. The normalized spacial score (nSPS) is 11.3. The molecular formula is C13H18FNO2. The molecule has 0 unspecified atom stereocenters. The molecule has 0 aromatic heterocycles. The number of halogens is 1. The average molecular weight is 239 g/mol. The van der Waals surface area contributed by atoms with Crippen molar-refractivity contribution < 1.29 is 14.3 Å². The third-order valence-electron chi connectivity index (χ3n) is 3.15. The molecule has 0 aliphatic heterocycles. The Kier molecular flexibility index (Phi) is 4.63. The van der Waals surface area contributed by atoms with E-state index >= 15 is 0 Å². The van der Waals surface area contributed by atoms with E-state index in [0.717, 1.165) is 0 Å². The van der Waals surface area contributed by atoms with E-state index in [1.54, 1.807) is 6.07 Å². The molecule has 0 saturated carbocycles. The molecule has 1 amide bonds. The minimum atomic E-state index is -0.667. The number of carbonyl (C=O) groups is 1. The lowest BCUT2D eigenvalue weighted by Gasteiger charge is -2.30. The smallest absolute Gasteiger partial charge is 0.254 e. The first-order chi connectivity index (χ1) is 8.08. The minimum Gasteiger partial charge on any atom is -0.394 e. The third-order valence-corrected chi connectivity index (χ3v) is 3.15. The zero-order valence-electron chi connectivity index (χ0n) is 10.2. The van der Waals surface area contributed by atoms with Crippen molar-refractivity contribution in [3.8, 4) is 0 Å². The molecule has 1 aromatic rings. The second kappa shape index (κ2) is 5.77. The Bertz CT molecular complexity index is 380. The summed E-state index contributed by atoms with van der Waals surface area (Å²) in [4.78, 5) is 11.9. The number of aliphatic hydroxyl groups is 1. The first-order valence-electron chi connectivity index (χ1n) is 5.76. The van der Waals surface area contributed by atoms with Gasteiger partial charge in [-0.05, 0) is 25.0 Å². The van der Waals surface area contributed by atoms with E-state index in [1.165, 1.54) is 18.2 Å². The number of hydrogen-bond donors (Lipinski definition) is 2. The summed E-state index contributed by atoms with van der Waals surface area (Å²) in [5.41, 5.74) is -0.661. The lowest BCUT2D eigenvalue weighted by molar-refractivity contribution is 0.0814. The maximum absolute atomic E-state index is 13.4. The van der Waals surface area contributed by atoms with Crippen LogP contribution in [0.4, 0.5) is 4.39 Å². The molecule has 3 nitrogen and oxygen atoms in total. The quantitative estimate of drug-likeness (QED) is 0.826. The van der Waals surface area contributed by atoms with Gasteiger partial charge in [-0.2, -0.15) is 0 Å². The Morgan fingerprint density at radius 2 is 1.94 bits per heavy atom. The van der Waals surface area contributed by atoms with E-state index in [1.807, 2.05) is 13.8 Å². The molecular weight excluding hydrogens is 221 g/mol. The molecule has 0 bridgehead atoms. The third kappa shape index (κ3) is 3.03. The second-order valence-electron chi connectivity index (χ2n) is 4.08. The fraction of sp³-hybridized carbons (Fsp3) is 0.462. The van der Waals surface area contributed by atoms with Crippen molar-refractivity contribution in [1.82, 2.24) is 5.32 Å². The van der Waals surface area contributed by atoms with E-state index in [4.69, 9.17) is 0 Å². The summed E-state index contributed by atoms with van der Waals surface area (Å²) >= 11 is 0. The largest absolute Gasteiger partial charge is 0.394 e. The fourth-order valence-electron chi connectivity index (χ4n) is 1.64. The number of aliphatic hydroxyl groups excluding tert-OH is 1. The van der Waals surface area contributed by atoms with Crippen LogP contribution in [0, 0.1) is 5.82 Å². The highest BCUT2D eigenvalue weighted by Gasteiger charge is 2.28. The molecule has 17 heavy (non-hydrogen) atoms. The van der Waals surface area contributed by atoms with Gasteiger partial charge in [-0.3, -0.25) is 4.79 Å². The van der Waals surface area contributed by atoms with Crippen molar-refractivity contribution in [3.05, 3.63) is 35.6 Å². The van der Waals surface area contributed by atoms with Gasteiger partial charge in [0.25, 0.3) is 5.91 Å². The van der Waals surface area contributed by atoms with E-state index in [9.17, 15) is 14.3 Å². The Morgan fingerprint density at radius 3 is 2.41 bits per heavy atom. The van der Waals surface area contributed by atoms with Crippen molar-refractivity contribution in [2.75, 3.05) is 6.61 Å². The molecule has 94 valence electrons. The van der Waals surface area contributed by atoms with Crippen molar-refractivity contribution >= 4 is 5.91 Å². The maximum Gasteiger partial charge on any atom is 0.254 e. The summed E-state index contributed by atoms with van der Waals surface area (Å²) in [5.74, 6) is -1.04. The molecule has 4 heteroatoms. The molecule has 0 atom stereocenters. The topological polar surface area (TPSA) is 49.3 Å². The highest BCUT2D eigenvalue weighted by Crippen LogP contribution is 2.16. The van der Waals surface area contributed by atoms with Gasteiger partial charge < -0.3 is 10.4 Å². The molecule has 2 N–H and O–H groups in total. The van der Waals surface area contributed by atoms with Crippen molar-refractivity contribution in [2.24, 2.45) is 0 Å². The zero-order valence-corrected chi connectivity index (χ0v) is 10.2. The standard InChI is InChI=1S/C13H18FNO2/c1-3-13(4-2,9-16)15-12(17)10-7-5-6-8-11(10)14/h5-8,16H,3-4,9H2,1-2H3,(H,15,17). The summed E-state index contributed by atoms with van der Waals surface area (Å²) in [7, 11) is 0. The first-order valence-corrected chi connectivity index (χ1v) is 5.76. The summed E-state index contributed by atoms with van der Waals surface area (Å²) in [6, 6.07) is 5.81. The van der Waals surface area contributed by atoms with Crippen LogP contribution in [0.1, 0.15) is 37.0 Å². The van der Waals surface area contributed by atoms with Gasteiger partial charge in [-0.25, -0.2) is 4.39 Å². The van der Waals surface area contributed by atoms with Crippen molar-refractivity contribution in [3.63, 3.8) is 0 Å². The van der Waals surface area contributed by atoms with Gasteiger partial charge in [0.2, 0.25) is 0 Å². The highest BCUT2D eigenvalue weighted by atomic mass is 19.1. The zero-order chi connectivity index (χ0) is 12.9. The predicted molar refractivity (Wildman–Crippen MR) is 64.3 cm³/mol. The van der Waals surface area contributed by atoms with Crippen LogP contribution in [0.5, 0.6) is 0 Å². The minimum absolute atomic E-state index is 0.00669. The predicted octanol–water partition coefficient (Wildman–Crippen LogP) is 2.11. The molecule has 0 fully saturated rings. The molecule has 0 spiro atoms. The number of amides is 1. The Balaban J connectivity index is 2.89. The SMILES string of the molecule is CCC(CC)(CO)NC(=O)c1ccccc1F. The molecule has 0 saturated heterocycles. The lowest BCUT2D eigenvalue weighted by Crippen LogP contribution is -2.50. The number of benzene rings is 1. The van der Waals surface area contributed by atoms with Gasteiger partial charge in [0.05, 0.1) is 17.7 Å². The summed E-state index contributed by atoms with van der Waals surface area (Å²) in [6.45, 7) is 3.60. The average Bonchev–Trinajstić information content (AvgIpc) is 2.36. The van der Waals surface area contributed by atoms with E-state index < -0.39 is 17.3 Å². The number of carbonyl (C=O) groups excluding carboxylic acids is 1. The van der Waals surface area contributed by atoms with Crippen LogP contribution in [0.15, 0.2) is 24.3 Å². The fourth-order valence-corrected chi connectivity index (χ4v) is 1.64. The molecule has 0 aliphatic carbocycles. The van der Waals surface area contributed by atoms with E-state index in [-0.39, 0.29) is 12.2 Å². The summed E-state index contributed by atoms with van der Waals surface area (Å²) in [5, 5.41) is 12.0. The van der Waals surface area contributed by atoms with Crippen LogP contribution >= 0.6 is 0 Å². The molecule has 1 aromatic carbocycles. The summed E-state index contributed by atoms with van der Waals surface area (Å²) < 4.78 is 13.4. The molecule has 1 rings (SSSR count). The molecule has 0 aliphatic rings. The Morgan fingerprint density at radius 1 is 1.35 bits per heavy atom. The van der Waals surface area contributed by atoms with Gasteiger partial charge in [0.15, 0.2) is 0 Å². The van der Waals surface area contributed by atoms with Crippen molar-refractivity contribution in [2.45, 2.75) is 32.2 Å². The molecule has 0 heterocycles. The van der Waals surface area contributed by atoms with E-state index in [0.29, 0.717) is 12.8 Å². The van der Waals surface area contributed by atoms with Gasteiger partial charge in [0.1, 0.15) is 5.82 Å². The summed E-state index contributed by atoms with van der Waals surface area (Å²) in [6.07, 6.45) is 1.19. The number of rotatable bonds is 5. The van der Waals surface area contributed by atoms with Crippen LogP contribution in [0.25, 0.3) is 0 Å². The van der Waals surface area contributed by atoms with Crippen LogP contribution in [-0.4, -0.2) is 23.2 Å². The number of hydrogen-bond acceptors (Lipinski definition) is 2. The number of nitrogens with one attached hydrogen (secondary N) is 1. The molecule has 0 radical (unpaired) electrons. The maximum atomic E-state index is 13.4. The van der Waals surface area contributed by atoms with Crippen LogP contribution in [0.2, 0.25) is 0 Å². The van der Waals surface area contributed by atoms with Crippen LogP contribution in [-0.2, 0) is 0 Å². The highest BCUT2D eigenvalue weighted by molar-refractivity contribution is 5.94. The van der Waals surface area contributed by atoms with Gasteiger partial charge >= 0.3 is 0 Å². The Labute approximate surface area is 101 Å². The van der Waals surface area contributed by atoms with Gasteiger partial charge in [-0.15, -0.1) is 0 Å². The second-order valence-corrected chi connectivity index (χ2v) is 4.08.